The third-order valence-electron chi connectivity index (χ3n) is 3.06. The molecular weight excluding hydrogens is 276 g/mol. The number of hydrogen-bond acceptors (Lipinski definition) is 3. The average Bonchev–Trinajstić information content (AvgIpc) is 2.76. The molecule has 0 saturated heterocycles. The molecule has 0 saturated carbocycles. The molecule has 1 aliphatic rings. The number of carbonyl (C=O) groups excluding carboxylic acids is 1. The van der Waals surface area contributed by atoms with Crippen LogP contribution in [0.25, 0.3) is 6.08 Å². The summed E-state index contributed by atoms with van der Waals surface area (Å²) in [4.78, 5) is 12.3. The first-order valence-electron chi connectivity index (χ1n) is 6.06. The summed E-state index contributed by atoms with van der Waals surface area (Å²) in [6.07, 6.45) is 1.68. The number of allylic oxidation sites excluding steroid dienone is 1. The number of benzene rings is 2. The smallest absolute Gasteiger partial charge is 0.232 e. The van der Waals surface area contributed by atoms with Gasteiger partial charge >= 0.3 is 0 Å². The fourth-order valence-corrected chi connectivity index (χ4v) is 2.26. The van der Waals surface area contributed by atoms with Gasteiger partial charge in [-0.15, -0.1) is 0 Å². The summed E-state index contributed by atoms with van der Waals surface area (Å²) in [7, 11) is 1.59. The number of halogens is 1. The molecule has 100 valence electrons. The highest BCUT2D eigenvalue weighted by molar-refractivity contribution is 6.31. The van der Waals surface area contributed by atoms with Gasteiger partial charge in [-0.3, -0.25) is 4.79 Å². The van der Waals surface area contributed by atoms with Crippen LogP contribution in [0.1, 0.15) is 15.9 Å². The minimum absolute atomic E-state index is 0.173. The van der Waals surface area contributed by atoms with Crippen molar-refractivity contribution >= 4 is 23.5 Å². The number of hydrogen-bond donors (Lipinski definition) is 0. The fourth-order valence-electron chi connectivity index (χ4n) is 2.09. The second kappa shape index (κ2) is 5.02. The molecule has 0 amide bonds. The van der Waals surface area contributed by atoms with E-state index in [9.17, 15) is 4.79 Å². The summed E-state index contributed by atoms with van der Waals surface area (Å²) >= 11 is 5.90. The van der Waals surface area contributed by atoms with Gasteiger partial charge in [-0.1, -0.05) is 29.8 Å². The first-order chi connectivity index (χ1) is 9.69. The number of carbonyl (C=O) groups is 1. The monoisotopic (exact) mass is 286 g/mol. The Labute approximate surface area is 121 Å². The molecule has 0 N–H and O–H groups in total. The molecule has 0 fully saturated rings. The van der Waals surface area contributed by atoms with Gasteiger partial charge in [0.05, 0.1) is 12.7 Å². The molecule has 4 heteroatoms. The quantitative estimate of drug-likeness (QED) is 0.784. The molecule has 0 unspecified atom stereocenters. The van der Waals surface area contributed by atoms with E-state index in [4.69, 9.17) is 21.1 Å². The van der Waals surface area contributed by atoms with E-state index in [0.717, 1.165) is 5.56 Å². The minimum atomic E-state index is -0.173. The van der Waals surface area contributed by atoms with Crippen LogP contribution in [-0.2, 0) is 0 Å². The van der Waals surface area contributed by atoms with Crippen LogP contribution in [0.3, 0.4) is 0 Å². The predicted molar refractivity (Wildman–Crippen MR) is 77.4 cm³/mol. The van der Waals surface area contributed by atoms with E-state index in [1.165, 1.54) is 0 Å². The lowest BCUT2D eigenvalue weighted by molar-refractivity contribution is 0.101. The van der Waals surface area contributed by atoms with Crippen LogP contribution in [0, 0.1) is 0 Å². The Morgan fingerprint density at radius 3 is 2.80 bits per heavy atom. The van der Waals surface area contributed by atoms with Crippen molar-refractivity contribution in [3.63, 3.8) is 0 Å². The summed E-state index contributed by atoms with van der Waals surface area (Å²) in [5.74, 6) is 1.31. The van der Waals surface area contributed by atoms with E-state index in [1.807, 2.05) is 24.3 Å². The zero-order chi connectivity index (χ0) is 14.1. The Hall–Kier alpha value is -2.26. The molecule has 0 atom stereocenters. The third kappa shape index (κ3) is 2.17. The molecule has 3 rings (SSSR count). The highest BCUT2D eigenvalue weighted by Crippen LogP contribution is 2.34. The summed E-state index contributed by atoms with van der Waals surface area (Å²) in [6.45, 7) is 0. The molecule has 0 aliphatic carbocycles. The van der Waals surface area contributed by atoms with Crippen molar-refractivity contribution in [1.29, 1.82) is 0 Å². The van der Waals surface area contributed by atoms with Crippen molar-refractivity contribution in [2.24, 2.45) is 0 Å². The summed E-state index contributed by atoms with van der Waals surface area (Å²) in [5, 5.41) is 0.513. The molecular formula is C16H11ClO3. The zero-order valence-electron chi connectivity index (χ0n) is 10.7. The molecule has 0 aromatic heterocycles. The average molecular weight is 287 g/mol. The molecule has 0 bridgehead atoms. The van der Waals surface area contributed by atoms with E-state index in [2.05, 4.69) is 0 Å². The van der Waals surface area contributed by atoms with Gasteiger partial charge in [0.1, 0.15) is 11.5 Å². The Bertz CT molecular complexity index is 719. The maximum Gasteiger partial charge on any atom is 0.232 e. The molecule has 20 heavy (non-hydrogen) atoms. The van der Waals surface area contributed by atoms with Gasteiger partial charge in [-0.2, -0.15) is 0 Å². The minimum Gasteiger partial charge on any atom is -0.496 e. The van der Waals surface area contributed by atoms with Gasteiger partial charge in [0.25, 0.3) is 0 Å². The van der Waals surface area contributed by atoms with E-state index >= 15 is 0 Å². The summed E-state index contributed by atoms with van der Waals surface area (Å²) in [5.41, 5.74) is 1.27. The van der Waals surface area contributed by atoms with Crippen LogP contribution in [0.5, 0.6) is 11.5 Å². The van der Waals surface area contributed by atoms with Crippen LogP contribution in [0.2, 0.25) is 5.02 Å². The standard InChI is InChI=1S/C16H11ClO3/c1-19-13-5-3-2-4-10(13)8-15-16(18)12-9-11(17)6-7-14(12)20-15/h2-9H,1H3/b15-8-. The Balaban J connectivity index is 2.01. The number of methoxy groups -OCH3 is 1. The third-order valence-corrected chi connectivity index (χ3v) is 3.29. The van der Waals surface area contributed by atoms with Crippen LogP contribution in [0.4, 0.5) is 0 Å². The second-order valence-electron chi connectivity index (χ2n) is 4.32. The summed E-state index contributed by atoms with van der Waals surface area (Å²) < 4.78 is 10.8. The maximum absolute atomic E-state index is 12.3. The van der Waals surface area contributed by atoms with E-state index in [-0.39, 0.29) is 11.5 Å². The van der Waals surface area contributed by atoms with Crippen molar-refractivity contribution in [3.05, 3.63) is 64.4 Å². The van der Waals surface area contributed by atoms with Gasteiger partial charge in [-0.25, -0.2) is 0 Å². The SMILES string of the molecule is COc1ccccc1/C=C1\Oc2ccc(Cl)cc2C1=O. The molecule has 2 aromatic rings. The lowest BCUT2D eigenvalue weighted by atomic mass is 10.1. The van der Waals surface area contributed by atoms with Crippen LogP contribution in [0.15, 0.2) is 48.2 Å². The van der Waals surface area contributed by atoms with Crippen LogP contribution >= 0.6 is 11.6 Å². The molecule has 3 nitrogen and oxygen atoms in total. The summed E-state index contributed by atoms with van der Waals surface area (Å²) in [6, 6.07) is 12.4. The van der Waals surface area contributed by atoms with Crippen LogP contribution < -0.4 is 9.47 Å². The van der Waals surface area contributed by atoms with Crippen molar-refractivity contribution in [2.45, 2.75) is 0 Å². The van der Waals surface area contributed by atoms with Gasteiger partial charge in [0.15, 0.2) is 5.76 Å². The van der Waals surface area contributed by atoms with Crippen molar-refractivity contribution < 1.29 is 14.3 Å². The van der Waals surface area contributed by atoms with Gasteiger partial charge < -0.3 is 9.47 Å². The first kappa shape index (κ1) is 12.8. The normalized spacial score (nSPS) is 15.1. The van der Waals surface area contributed by atoms with Crippen molar-refractivity contribution in [2.75, 3.05) is 7.11 Å². The van der Waals surface area contributed by atoms with Crippen molar-refractivity contribution in [3.8, 4) is 11.5 Å². The highest BCUT2D eigenvalue weighted by Gasteiger charge is 2.27. The number of para-hydroxylation sites is 1. The first-order valence-corrected chi connectivity index (χ1v) is 6.43. The molecule has 2 aromatic carbocycles. The van der Waals surface area contributed by atoms with Crippen LogP contribution in [-0.4, -0.2) is 12.9 Å². The molecule has 0 radical (unpaired) electrons. The lowest BCUT2D eigenvalue weighted by Gasteiger charge is -2.04. The highest BCUT2D eigenvalue weighted by atomic mass is 35.5. The number of ketones is 1. The topological polar surface area (TPSA) is 35.5 Å². The second-order valence-corrected chi connectivity index (χ2v) is 4.76. The molecule has 0 spiro atoms. The Kier molecular flexibility index (Phi) is 3.20. The Morgan fingerprint density at radius 1 is 1.20 bits per heavy atom. The largest absolute Gasteiger partial charge is 0.496 e. The molecule has 1 aliphatic heterocycles. The van der Waals surface area contributed by atoms with E-state index < -0.39 is 0 Å². The zero-order valence-corrected chi connectivity index (χ0v) is 11.5. The Morgan fingerprint density at radius 2 is 2.00 bits per heavy atom. The van der Waals surface area contributed by atoms with Gasteiger partial charge in [0.2, 0.25) is 5.78 Å². The van der Waals surface area contributed by atoms with Gasteiger partial charge in [-0.05, 0) is 30.3 Å². The molecule has 1 heterocycles. The van der Waals surface area contributed by atoms with E-state index in [0.29, 0.717) is 22.1 Å². The number of ether oxygens (including phenoxy) is 2. The van der Waals surface area contributed by atoms with Crippen molar-refractivity contribution in [1.82, 2.24) is 0 Å². The van der Waals surface area contributed by atoms with Gasteiger partial charge in [0, 0.05) is 10.6 Å². The lowest BCUT2D eigenvalue weighted by Crippen LogP contribution is -1.98. The fraction of sp³-hybridized carbons (Fsp3) is 0.0625. The number of rotatable bonds is 2. The number of fused-ring (bicyclic) bond motifs is 1. The predicted octanol–water partition coefficient (Wildman–Crippen LogP) is 3.96. The van der Waals surface area contributed by atoms with E-state index in [1.54, 1.807) is 31.4 Å². The maximum atomic E-state index is 12.3. The number of Topliss-reactive ketones (excluding diaryl/α,β-unsaturated/α-hetero) is 1.